The Morgan fingerprint density at radius 3 is 2.84 bits per heavy atom. The van der Waals surface area contributed by atoms with E-state index in [4.69, 9.17) is 4.98 Å². The number of aromatic nitrogens is 6. The van der Waals surface area contributed by atoms with Gasteiger partial charge in [0.05, 0.1) is 28.8 Å². The average Bonchev–Trinajstić information content (AvgIpc) is 3.52. The summed E-state index contributed by atoms with van der Waals surface area (Å²) in [5.74, 6) is -0.344. The molecule has 0 fully saturated rings. The molecule has 6 rings (SSSR count). The standard InChI is InChI=1S/C28H22FN7O/c1-2-4-25(37)32-19-12-17(14-30-15-19)22-7-8-23-26(33-22)27(36-35-23)24-13-21-20(9-10-31-28(21)34-24)16-5-3-6-18(29)11-16/h3,5-15H,2,4H2,1H3,(H,31,34)(H,32,37)(H,35,36). The van der Waals surface area contributed by atoms with Crippen LogP contribution in [0.1, 0.15) is 19.8 Å². The molecule has 0 saturated carbocycles. The maximum absolute atomic E-state index is 13.9. The van der Waals surface area contributed by atoms with Crippen LogP contribution in [0.5, 0.6) is 0 Å². The van der Waals surface area contributed by atoms with Gasteiger partial charge in [0.2, 0.25) is 5.91 Å². The van der Waals surface area contributed by atoms with Crippen molar-refractivity contribution in [3.05, 3.63) is 79.0 Å². The van der Waals surface area contributed by atoms with Gasteiger partial charge >= 0.3 is 0 Å². The first-order valence-electron chi connectivity index (χ1n) is 11.9. The van der Waals surface area contributed by atoms with Crippen molar-refractivity contribution in [1.29, 1.82) is 0 Å². The van der Waals surface area contributed by atoms with Crippen LogP contribution in [0.3, 0.4) is 0 Å². The van der Waals surface area contributed by atoms with Gasteiger partial charge in [0, 0.05) is 29.8 Å². The fourth-order valence-electron chi connectivity index (χ4n) is 4.41. The van der Waals surface area contributed by atoms with E-state index in [2.05, 4.69) is 30.5 Å². The molecule has 5 aromatic heterocycles. The predicted molar refractivity (Wildman–Crippen MR) is 141 cm³/mol. The van der Waals surface area contributed by atoms with E-state index in [0.29, 0.717) is 34.7 Å². The maximum Gasteiger partial charge on any atom is 0.224 e. The Kier molecular flexibility index (Phi) is 5.65. The number of rotatable bonds is 6. The number of nitrogens with one attached hydrogen (secondary N) is 3. The van der Waals surface area contributed by atoms with Gasteiger partial charge < -0.3 is 10.3 Å². The SMILES string of the molecule is CCCC(=O)Nc1cncc(-c2ccc3[nH]nc(-c4cc5c(-c6cccc(F)c6)ccnc5[nH]4)c3n2)c1. The Balaban J connectivity index is 1.40. The third-order valence-corrected chi connectivity index (χ3v) is 6.13. The van der Waals surface area contributed by atoms with E-state index >= 15 is 0 Å². The lowest BCUT2D eigenvalue weighted by Gasteiger charge is -2.06. The van der Waals surface area contributed by atoms with E-state index in [1.807, 2.05) is 43.3 Å². The van der Waals surface area contributed by atoms with Crippen molar-refractivity contribution >= 4 is 33.7 Å². The topological polar surface area (TPSA) is 112 Å². The Morgan fingerprint density at radius 1 is 1.05 bits per heavy atom. The van der Waals surface area contributed by atoms with Gasteiger partial charge in [0.25, 0.3) is 0 Å². The average molecular weight is 492 g/mol. The normalized spacial score (nSPS) is 11.3. The minimum absolute atomic E-state index is 0.0491. The second kappa shape index (κ2) is 9.27. The summed E-state index contributed by atoms with van der Waals surface area (Å²) in [6.07, 6.45) is 6.25. The first-order valence-corrected chi connectivity index (χ1v) is 11.9. The molecule has 0 atom stereocenters. The number of anilines is 1. The summed E-state index contributed by atoms with van der Waals surface area (Å²) in [7, 11) is 0. The van der Waals surface area contributed by atoms with Crippen molar-refractivity contribution < 1.29 is 9.18 Å². The highest BCUT2D eigenvalue weighted by Gasteiger charge is 2.16. The molecule has 37 heavy (non-hydrogen) atoms. The summed E-state index contributed by atoms with van der Waals surface area (Å²) < 4.78 is 13.9. The molecule has 0 bridgehead atoms. The number of carbonyl (C=O) groups is 1. The van der Waals surface area contributed by atoms with Gasteiger partial charge in [-0.05, 0) is 60.0 Å². The van der Waals surface area contributed by atoms with E-state index in [-0.39, 0.29) is 11.7 Å². The van der Waals surface area contributed by atoms with E-state index in [1.165, 1.54) is 12.1 Å². The maximum atomic E-state index is 13.9. The van der Waals surface area contributed by atoms with Crippen LogP contribution in [-0.2, 0) is 4.79 Å². The van der Waals surface area contributed by atoms with E-state index in [0.717, 1.165) is 39.7 Å². The van der Waals surface area contributed by atoms with Crippen molar-refractivity contribution in [1.82, 2.24) is 30.1 Å². The molecule has 1 aromatic carbocycles. The number of aromatic amines is 2. The highest BCUT2D eigenvalue weighted by Crippen LogP contribution is 2.33. The van der Waals surface area contributed by atoms with Crippen molar-refractivity contribution in [2.24, 2.45) is 0 Å². The van der Waals surface area contributed by atoms with Crippen molar-refractivity contribution in [3.8, 4) is 33.8 Å². The second-order valence-corrected chi connectivity index (χ2v) is 8.74. The largest absolute Gasteiger partial charge is 0.338 e. The molecule has 0 radical (unpaired) electrons. The molecule has 0 spiro atoms. The lowest BCUT2D eigenvalue weighted by molar-refractivity contribution is -0.116. The molecule has 3 N–H and O–H groups in total. The molecular weight excluding hydrogens is 469 g/mol. The summed E-state index contributed by atoms with van der Waals surface area (Å²) in [4.78, 5) is 28.9. The second-order valence-electron chi connectivity index (χ2n) is 8.74. The van der Waals surface area contributed by atoms with E-state index < -0.39 is 0 Å². The number of hydrogen-bond donors (Lipinski definition) is 3. The Labute approximate surface area is 211 Å². The molecule has 0 saturated heterocycles. The van der Waals surface area contributed by atoms with Crippen molar-refractivity contribution in [2.45, 2.75) is 19.8 Å². The van der Waals surface area contributed by atoms with Crippen LogP contribution in [0.4, 0.5) is 10.1 Å². The fourth-order valence-corrected chi connectivity index (χ4v) is 4.41. The molecule has 1 amide bonds. The number of nitrogens with zero attached hydrogens (tertiary/aromatic N) is 4. The highest BCUT2D eigenvalue weighted by molar-refractivity contribution is 5.99. The number of pyridine rings is 3. The third kappa shape index (κ3) is 4.31. The first kappa shape index (κ1) is 22.5. The lowest BCUT2D eigenvalue weighted by Crippen LogP contribution is -2.10. The number of amides is 1. The van der Waals surface area contributed by atoms with Crippen LogP contribution in [0.15, 0.2) is 73.2 Å². The fraction of sp³-hybridized carbons (Fsp3) is 0.107. The molecule has 0 aliphatic carbocycles. The third-order valence-electron chi connectivity index (χ3n) is 6.13. The molecule has 9 heteroatoms. The van der Waals surface area contributed by atoms with Crippen LogP contribution in [0.25, 0.3) is 55.8 Å². The molecule has 0 unspecified atom stereocenters. The number of benzene rings is 1. The van der Waals surface area contributed by atoms with Crippen LogP contribution in [0, 0.1) is 5.82 Å². The quantitative estimate of drug-likeness (QED) is 0.260. The lowest BCUT2D eigenvalue weighted by atomic mass is 10.0. The van der Waals surface area contributed by atoms with E-state index in [9.17, 15) is 9.18 Å². The summed E-state index contributed by atoms with van der Waals surface area (Å²) in [5.41, 5.74) is 7.23. The van der Waals surface area contributed by atoms with Crippen LogP contribution in [0.2, 0.25) is 0 Å². The number of hydrogen-bond acceptors (Lipinski definition) is 5. The van der Waals surface area contributed by atoms with Crippen LogP contribution in [-0.4, -0.2) is 36.0 Å². The van der Waals surface area contributed by atoms with Gasteiger partial charge in [0.1, 0.15) is 22.7 Å². The molecule has 8 nitrogen and oxygen atoms in total. The Hall–Kier alpha value is -4.92. The van der Waals surface area contributed by atoms with E-state index in [1.54, 1.807) is 24.7 Å². The minimum atomic E-state index is -0.295. The van der Waals surface area contributed by atoms with Gasteiger partial charge in [0.15, 0.2) is 0 Å². The molecular formula is C28H22FN7O. The van der Waals surface area contributed by atoms with Crippen molar-refractivity contribution in [2.75, 3.05) is 5.32 Å². The molecule has 5 heterocycles. The molecule has 0 aliphatic heterocycles. The van der Waals surface area contributed by atoms with Crippen molar-refractivity contribution in [3.63, 3.8) is 0 Å². The predicted octanol–water partition coefficient (Wildman–Crippen LogP) is 6.11. The molecule has 0 aliphatic rings. The molecule has 6 aromatic rings. The van der Waals surface area contributed by atoms with Gasteiger partial charge in [-0.25, -0.2) is 14.4 Å². The monoisotopic (exact) mass is 491 g/mol. The van der Waals surface area contributed by atoms with Gasteiger partial charge in [-0.3, -0.25) is 14.9 Å². The van der Waals surface area contributed by atoms with Gasteiger partial charge in [-0.2, -0.15) is 5.10 Å². The number of carbonyl (C=O) groups excluding carboxylic acids is 1. The Morgan fingerprint density at radius 2 is 1.97 bits per heavy atom. The molecule has 182 valence electrons. The highest BCUT2D eigenvalue weighted by atomic mass is 19.1. The first-order chi connectivity index (χ1) is 18.1. The number of H-pyrrole nitrogens is 2. The van der Waals surface area contributed by atoms with Crippen LogP contribution >= 0.6 is 0 Å². The summed E-state index contributed by atoms with van der Waals surface area (Å²) in [6, 6.07) is 16.0. The Bertz CT molecular complexity index is 1770. The number of halogens is 1. The zero-order valence-electron chi connectivity index (χ0n) is 19.9. The minimum Gasteiger partial charge on any atom is -0.338 e. The van der Waals surface area contributed by atoms with Gasteiger partial charge in [-0.1, -0.05) is 19.1 Å². The summed E-state index contributed by atoms with van der Waals surface area (Å²) in [5, 5.41) is 11.3. The smallest absolute Gasteiger partial charge is 0.224 e. The number of fused-ring (bicyclic) bond motifs is 2. The zero-order chi connectivity index (χ0) is 25.4. The summed E-state index contributed by atoms with van der Waals surface area (Å²) in [6.45, 7) is 1.96. The zero-order valence-corrected chi connectivity index (χ0v) is 19.9. The summed E-state index contributed by atoms with van der Waals surface area (Å²) >= 11 is 0. The van der Waals surface area contributed by atoms with Crippen LogP contribution < -0.4 is 5.32 Å². The van der Waals surface area contributed by atoms with Gasteiger partial charge in [-0.15, -0.1) is 0 Å².